The number of carbonyl (C=O) groups excluding carboxylic acids is 4. The van der Waals surface area contributed by atoms with Gasteiger partial charge in [-0.1, -0.05) is 6.07 Å². The summed E-state index contributed by atoms with van der Waals surface area (Å²) in [5, 5.41) is 0. The highest BCUT2D eigenvalue weighted by molar-refractivity contribution is 6.00. The summed E-state index contributed by atoms with van der Waals surface area (Å²) in [6.07, 6.45) is -0.399. The van der Waals surface area contributed by atoms with Gasteiger partial charge in [-0.05, 0) is 37.1 Å². The molecule has 0 saturated carbocycles. The van der Waals surface area contributed by atoms with Gasteiger partial charge in [-0.15, -0.1) is 0 Å². The SMILES string of the molecule is Cc1ccc(N2CC(C(=O)N3CC(CN4C(=O)COC4=O)C3)CC2=O)cc1C. The number of imide groups is 1. The fourth-order valence-corrected chi connectivity index (χ4v) is 3.96. The van der Waals surface area contributed by atoms with Crippen molar-refractivity contribution < 1.29 is 23.9 Å². The van der Waals surface area contributed by atoms with Gasteiger partial charge in [0.15, 0.2) is 6.61 Å². The molecule has 3 fully saturated rings. The van der Waals surface area contributed by atoms with E-state index in [0.717, 1.165) is 21.7 Å². The van der Waals surface area contributed by atoms with Crippen LogP contribution < -0.4 is 4.90 Å². The predicted molar refractivity (Wildman–Crippen MR) is 99.5 cm³/mol. The van der Waals surface area contributed by atoms with Gasteiger partial charge in [-0.2, -0.15) is 0 Å². The van der Waals surface area contributed by atoms with Crippen molar-refractivity contribution in [3.63, 3.8) is 0 Å². The second kappa shape index (κ2) is 6.92. The lowest BCUT2D eigenvalue weighted by Gasteiger charge is -2.41. The first-order valence-electron chi connectivity index (χ1n) is 9.47. The third kappa shape index (κ3) is 3.23. The first kappa shape index (κ1) is 18.5. The molecule has 1 unspecified atom stereocenters. The fourth-order valence-electron chi connectivity index (χ4n) is 3.96. The molecule has 0 N–H and O–H groups in total. The number of hydrogen-bond donors (Lipinski definition) is 0. The number of hydrogen-bond acceptors (Lipinski definition) is 5. The minimum absolute atomic E-state index is 0.0359. The normalized spacial score (nSPS) is 22.7. The average molecular weight is 385 g/mol. The molecule has 3 heterocycles. The van der Waals surface area contributed by atoms with Gasteiger partial charge in [0.05, 0.1) is 5.92 Å². The average Bonchev–Trinajstić information content (AvgIpc) is 3.16. The van der Waals surface area contributed by atoms with Gasteiger partial charge in [-0.25, -0.2) is 9.69 Å². The number of cyclic esters (lactones) is 1. The molecular weight excluding hydrogens is 362 g/mol. The van der Waals surface area contributed by atoms with Crippen LogP contribution in [-0.4, -0.2) is 66.4 Å². The molecule has 148 valence electrons. The first-order chi connectivity index (χ1) is 13.3. The van der Waals surface area contributed by atoms with Crippen molar-refractivity contribution in [2.45, 2.75) is 20.3 Å². The molecule has 0 aliphatic carbocycles. The first-order valence-corrected chi connectivity index (χ1v) is 9.47. The molecule has 1 atom stereocenters. The molecule has 0 bridgehead atoms. The largest absolute Gasteiger partial charge is 0.439 e. The third-order valence-corrected chi connectivity index (χ3v) is 5.83. The molecule has 3 aliphatic heterocycles. The van der Waals surface area contributed by atoms with Crippen molar-refractivity contribution in [2.75, 3.05) is 37.7 Å². The summed E-state index contributed by atoms with van der Waals surface area (Å²) in [4.78, 5) is 52.8. The minimum Gasteiger partial charge on any atom is -0.439 e. The molecule has 0 spiro atoms. The second-order valence-corrected chi connectivity index (χ2v) is 7.84. The molecule has 1 aromatic rings. The minimum atomic E-state index is -0.611. The van der Waals surface area contributed by atoms with Crippen LogP contribution in [0.15, 0.2) is 18.2 Å². The number of ether oxygens (including phenoxy) is 1. The lowest BCUT2D eigenvalue weighted by atomic mass is 9.96. The quantitative estimate of drug-likeness (QED) is 0.774. The molecule has 3 saturated heterocycles. The van der Waals surface area contributed by atoms with Crippen LogP contribution in [0, 0.1) is 25.7 Å². The summed E-state index contributed by atoms with van der Waals surface area (Å²) in [5.74, 6) is -0.699. The van der Waals surface area contributed by atoms with Crippen LogP contribution in [0.4, 0.5) is 10.5 Å². The van der Waals surface area contributed by atoms with Crippen molar-refractivity contribution in [2.24, 2.45) is 11.8 Å². The molecule has 4 amide bonds. The zero-order valence-electron chi connectivity index (χ0n) is 16.0. The Hall–Kier alpha value is -2.90. The number of nitrogens with zero attached hydrogens (tertiary/aromatic N) is 3. The Morgan fingerprint density at radius 3 is 2.46 bits per heavy atom. The topological polar surface area (TPSA) is 87.2 Å². The Morgan fingerprint density at radius 2 is 1.82 bits per heavy atom. The molecule has 28 heavy (non-hydrogen) atoms. The van der Waals surface area contributed by atoms with Crippen LogP contribution in [0.1, 0.15) is 17.5 Å². The van der Waals surface area contributed by atoms with E-state index >= 15 is 0 Å². The van der Waals surface area contributed by atoms with Crippen LogP contribution in [0.2, 0.25) is 0 Å². The number of benzene rings is 1. The number of rotatable bonds is 4. The summed E-state index contributed by atoms with van der Waals surface area (Å²) >= 11 is 0. The number of anilines is 1. The maximum absolute atomic E-state index is 12.8. The lowest BCUT2D eigenvalue weighted by Crippen LogP contribution is -2.56. The molecule has 0 aromatic heterocycles. The molecule has 4 rings (SSSR count). The Labute approximate surface area is 163 Å². The van der Waals surface area contributed by atoms with Crippen LogP contribution in [0.3, 0.4) is 0 Å². The summed E-state index contributed by atoms with van der Waals surface area (Å²) in [6, 6.07) is 5.88. The van der Waals surface area contributed by atoms with E-state index in [0.29, 0.717) is 19.6 Å². The van der Waals surface area contributed by atoms with Gasteiger partial charge in [-0.3, -0.25) is 14.4 Å². The maximum atomic E-state index is 12.8. The van der Waals surface area contributed by atoms with Gasteiger partial charge in [0.2, 0.25) is 11.8 Å². The number of aryl methyl sites for hydroxylation is 2. The van der Waals surface area contributed by atoms with E-state index in [2.05, 4.69) is 0 Å². The Morgan fingerprint density at radius 1 is 1.07 bits per heavy atom. The second-order valence-electron chi connectivity index (χ2n) is 7.84. The monoisotopic (exact) mass is 385 g/mol. The molecule has 8 nitrogen and oxygen atoms in total. The number of carbonyl (C=O) groups is 4. The smallest absolute Gasteiger partial charge is 0.417 e. The highest BCUT2D eigenvalue weighted by Crippen LogP contribution is 2.30. The van der Waals surface area contributed by atoms with E-state index in [1.54, 1.807) is 9.80 Å². The highest BCUT2D eigenvalue weighted by Gasteiger charge is 2.43. The van der Waals surface area contributed by atoms with Crippen molar-refractivity contribution in [3.05, 3.63) is 29.3 Å². The Bertz CT molecular complexity index is 845. The number of amides is 4. The highest BCUT2D eigenvalue weighted by atomic mass is 16.6. The molecular formula is C20H23N3O5. The molecule has 8 heteroatoms. The lowest BCUT2D eigenvalue weighted by molar-refractivity contribution is -0.142. The van der Waals surface area contributed by atoms with Crippen molar-refractivity contribution in [1.82, 2.24) is 9.80 Å². The van der Waals surface area contributed by atoms with E-state index in [9.17, 15) is 19.2 Å². The zero-order valence-corrected chi connectivity index (χ0v) is 16.0. The molecule has 0 radical (unpaired) electrons. The van der Waals surface area contributed by atoms with E-state index in [1.165, 1.54) is 0 Å². The zero-order chi connectivity index (χ0) is 20.0. The summed E-state index contributed by atoms with van der Waals surface area (Å²) in [7, 11) is 0. The van der Waals surface area contributed by atoms with Crippen LogP contribution in [0.25, 0.3) is 0 Å². The summed E-state index contributed by atoms with van der Waals surface area (Å²) < 4.78 is 4.70. The molecule has 1 aromatic carbocycles. The van der Waals surface area contributed by atoms with Gasteiger partial charge in [0.25, 0.3) is 5.91 Å². The number of likely N-dealkylation sites (tertiary alicyclic amines) is 1. The van der Waals surface area contributed by atoms with Crippen LogP contribution >= 0.6 is 0 Å². The van der Waals surface area contributed by atoms with E-state index in [-0.39, 0.29) is 49.1 Å². The van der Waals surface area contributed by atoms with Gasteiger partial charge in [0, 0.05) is 44.2 Å². The third-order valence-electron chi connectivity index (χ3n) is 5.83. The van der Waals surface area contributed by atoms with Gasteiger partial charge < -0.3 is 14.5 Å². The van der Waals surface area contributed by atoms with Crippen molar-refractivity contribution >= 4 is 29.5 Å². The Balaban J connectivity index is 1.33. The van der Waals surface area contributed by atoms with Gasteiger partial charge >= 0.3 is 6.09 Å². The van der Waals surface area contributed by atoms with E-state index in [1.807, 2.05) is 32.0 Å². The summed E-state index contributed by atoms with van der Waals surface area (Å²) in [5.41, 5.74) is 3.10. The van der Waals surface area contributed by atoms with Crippen LogP contribution in [0.5, 0.6) is 0 Å². The van der Waals surface area contributed by atoms with Crippen molar-refractivity contribution in [3.8, 4) is 0 Å². The van der Waals surface area contributed by atoms with E-state index in [4.69, 9.17) is 4.74 Å². The fraction of sp³-hybridized carbons (Fsp3) is 0.500. The van der Waals surface area contributed by atoms with Gasteiger partial charge in [0.1, 0.15) is 0 Å². The Kier molecular flexibility index (Phi) is 4.56. The standard InChI is InChI=1S/C20H23N3O5/c1-12-3-4-16(5-13(12)2)22-10-15(6-17(22)24)19(26)21-7-14(8-21)9-23-18(25)11-28-20(23)27/h3-5,14-15H,6-11H2,1-2H3. The van der Waals surface area contributed by atoms with Crippen molar-refractivity contribution in [1.29, 1.82) is 0 Å². The molecule has 3 aliphatic rings. The summed E-state index contributed by atoms with van der Waals surface area (Å²) in [6.45, 7) is 5.47. The predicted octanol–water partition coefficient (Wildman–Crippen LogP) is 1.09. The van der Waals surface area contributed by atoms with E-state index < -0.39 is 6.09 Å². The van der Waals surface area contributed by atoms with Crippen LogP contribution in [-0.2, 0) is 19.1 Å². The maximum Gasteiger partial charge on any atom is 0.417 e.